The van der Waals surface area contributed by atoms with Gasteiger partial charge >= 0.3 is 0 Å². The summed E-state index contributed by atoms with van der Waals surface area (Å²) in [5, 5.41) is 13.4. The molecule has 0 radical (unpaired) electrons. The highest BCUT2D eigenvalue weighted by Gasteiger charge is 2.25. The van der Waals surface area contributed by atoms with E-state index in [0.717, 1.165) is 19.5 Å². The number of aryl methyl sites for hydroxylation is 1. The Morgan fingerprint density at radius 2 is 1.94 bits per heavy atom. The molecule has 2 N–H and O–H groups in total. The van der Waals surface area contributed by atoms with Gasteiger partial charge < -0.3 is 10.4 Å². The zero-order valence-corrected chi connectivity index (χ0v) is 10.4. The van der Waals surface area contributed by atoms with E-state index in [0.29, 0.717) is 0 Å². The first-order valence-corrected chi connectivity index (χ1v) is 6.06. The molecule has 2 atom stereocenters. The molecule has 2 unspecified atom stereocenters. The Bertz CT molecular complexity index is 387. The lowest BCUT2D eigenvalue weighted by molar-refractivity contribution is 0.114. The minimum atomic E-state index is -0.193. The SMILES string of the molecule is Cc1ccc(C2CNCCC2O)c(C)c1C. The number of rotatable bonds is 1. The maximum Gasteiger partial charge on any atom is 0.0633 e. The Morgan fingerprint density at radius 1 is 1.19 bits per heavy atom. The van der Waals surface area contributed by atoms with Crippen LogP contribution in [0.15, 0.2) is 12.1 Å². The van der Waals surface area contributed by atoms with Gasteiger partial charge in [-0.2, -0.15) is 0 Å². The number of aliphatic hydroxyl groups is 1. The van der Waals surface area contributed by atoms with Crippen molar-refractivity contribution < 1.29 is 5.11 Å². The van der Waals surface area contributed by atoms with Crippen molar-refractivity contribution >= 4 is 0 Å². The second kappa shape index (κ2) is 4.56. The monoisotopic (exact) mass is 219 g/mol. The molecule has 2 heteroatoms. The molecule has 1 fully saturated rings. The molecular weight excluding hydrogens is 198 g/mol. The Labute approximate surface area is 97.7 Å². The highest BCUT2D eigenvalue weighted by atomic mass is 16.3. The fourth-order valence-electron chi connectivity index (χ4n) is 2.54. The van der Waals surface area contributed by atoms with Gasteiger partial charge in [0, 0.05) is 12.5 Å². The molecule has 1 aromatic rings. The zero-order chi connectivity index (χ0) is 11.7. The van der Waals surface area contributed by atoms with Gasteiger partial charge in [-0.15, -0.1) is 0 Å². The van der Waals surface area contributed by atoms with Gasteiger partial charge in [-0.05, 0) is 56.0 Å². The smallest absolute Gasteiger partial charge is 0.0633 e. The van der Waals surface area contributed by atoms with Gasteiger partial charge in [0.05, 0.1) is 6.10 Å². The van der Waals surface area contributed by atoms with E-state index in [2.05, 4.69) is 38.2 Å². The predicted octanol–water partition coefficient (Wildman–Crippen LogP) is 2.05. The van der Waals surface area contributed by atoms with E-state index in [1.54, 1.807) is 0 Å². The zero-order valence-electron chi connectivity index (χ0n) is 10.4. The minimum absolute atomic E-state index is 0.193. The molecule has 1 saturated heterocycles. The first kappa shape index (κ1) is 11.6. The molecule has 1 aliphatic heterocycles. The van der Waals surface area contributed by atoms with Crippen LogP contribution in [-0.4, -0.2) is 24.3 Å². The molecule has 0 spiro atoms. The molecule has 0 aliphatic carbocycles. The van der Waals surface area contributed by atoms with E-state index in [1.807, 2.05) is 0 Å². The average molecular weight is 219 g/mol. The summed E-state index contributed by atoms with van der Waals surface area (Å²) in [6.45, 7) is 8.30. The molecule has 0 bridgehead atoms. The lowest BCUT2D eigenvalue weighted by Gasteiger charge is -2.30. The van der Waals surface area contributed by atoms with Gasteiger partial charge in [-0.25, -0.2) is 0 Å². The van der Waals surface area contributed by atoms with Crippen LogP contribution in [0.25, 0.3) is 0 Å². The van der Waals surface area contributed by atoms with E-state index < -0.39 is 0 Å². The van der Waals surface area contributed by atoms with Crippen LogP contribution in [-0.2, 0) is 0 Å². The standard InChI is InChI=1S/C14H21NO/c1-9-4-5-12(11(3)10(9)2)13-8-15-7-6-14(13)16/h4-5,13-16H,6-8H2,1-3H3. The van der Waals surface area contributed by atoms with Crippen LogP contribution in [0.2, 0.25) is 0 Å². The van der Waals surface area contributed by atoms with Crippen LogP contribution in [0.4, 0.5) is 0 Å². The van der Waals surface area contributed by atoms with E-state index in [9.17, 15) is 5.11 Å². The molecule has 0 saturated carbocycles. The van der Waals surface area contributed by atoms with E-state index >= 15 is 0 Å². The van der Waals surface area contributed by atoms with Gasteiger partial charge in [0.1, 0.15) is 0 Å². The van der Waals surface area contributed by atoms with Gasteiger partial charge in [-0.3, -0.25) is 0 Å². The summed E-state index contributed by atoms with van der Waals surface area (Å²) in [5.41, 5.74) is 5.34. The normalized spacial score (nSPS) is 25.8. The topological polar surface area (TPSA) is 32.3 Å². The Balaban J connectivity index is 2.36. The molecule has 88 valence electrons. The number of piperidine rings is 1. The maximum atomic E-state index is 10.1. The second-order valence-electron chi connectivity index (χ2n) is 4.89. The number of hydrogen-bond donors (Lipinski definition) is 2. The maximum absolute atomic E-state index is 10.1. The predicted molar refractivity (Wildman–Crippen MR) is 66.9 cm³/mol. The summed E-state index contributed by atoms with van der Waals surface area (Å²) in [7, 11) is 0. The third kappa shape index (κ3) is 2.00. The summed E-state index contributed by atoms with van der Waals surface area (Å²) >= 11 is 0. The Morgan fingerprint density at radius 3 is 2.62 bits per heavy atom. The summed E-state index contributed by atoms with van der Waals surface area (Å²) in [5.74, 6) is 0.257. The van der Waals surface area contributed by atoms with E-state index in [4.69, 9.17) is 0 Å². The first-order chi connectivity index (χ1) is 7.61. The summed E-state index contributed by atoms with van der Waals surface area (Å²) in [6, 6.07) is 4.34. The van der Waals surface area contributed by atoms with Gasteiger partial charge in [0.2, 0.25) is 0 Å². The van der Waals surface area contributed by atoms with Crippen molar-refractivity contribution in [3.8, 4) is 0 Å². The summed E-state index contributed by atoms with van der Waals surface area (Å²) < 4.78 is 0. The lowest BCUT2D eigenvalue weighted by atomic mass is 9.84. The molecule has 1 heterocycles. The molecule has 0 amide bonds. The number of nitrogens with one attached hydrogen (secondary N) is 1. The molecule has 16 heavy (non-hydrogen) atoms. The van der Waals surface area contributed by atoms with Gasteiger partial charge in [0.25, 0.3) is 0 Å². The highest BCUT2D eigenvalue weighted by Crippen LogP contribution is 2.29. The van der Waals surface area contributed by atoms with Crippen molar-refractivity contribution in [3.63, 3.8) is 0 Å². The van der Waals surface area contributed by atoms with Crippen molar-refractivity contribution in [1.29, 1.82) is 0 Å². The van der Waals surface area contributed by atoms with Crippen molar-refractivity contribution in [2.45, 2.75) is 39.2 Å². The minimum Gasteiger partial charge on any atom is -0.392 e. The quantitative estimate of drug-likeness (QED) is 0.757. The number of aliphatic hydroxyl groups excluding tert-OH is 1. The van der Waals surface area contributed by atoms with Gasteiger partial charge in [-0.1, -0.05) is 12.1 Å². The van der Waals surface area contributed by atoms with Crippen LogP contribution in [0.5, 0.6) is 0 Å². The summed E-state index contributed by atoms with van der Waals surface area (Å²) in [4.78, 5) is 0. The fraction of sp³-hybridized carbons (Fsp3) is 0.571. The molecular formula is C14H21NO. The first-order valence-electron chi connectivity index (χ1n) is 6.06. The van der Waals surface area contributed by atoms with E-state index in [-0.39, 0.29) is 12.0 Å². The average Bonchev–Trinajstić information content (AvgIpc) is 2.28. The van der Waals surface area contributed by atoms with Crippen molar-refractivity contribution in [2.75, 3.05) is 13.1 Å². The van der Waals surface area contributed by atoms with Gasteiger partial charge in [0.15, 0.2) is 0 Å². The molecule has 2 rings (SSSR count). The third-order valence-corrected chi connectivity index (χ3v) is 3.94. The van der Waals surface area contributed by atoms with E-state index in [1.165, 1.54) is 22.3 Å². The Kier molecular flexibility index (Phi) is 3.31. The van der Waals surface area contributed by atoms with Crippen LogP contribution >= 0.6 is 0 Å². The number of hydrogen-bond acceptors (Lipinski definition) is 2. The van der Waals surface area contributed by atoms with Crippen LogP contribution in [0.3, 0.4) is 0 Å². The van der Waals surface area contributed by atoms with Crippen molar-refractivity contribution in [3.05, 3.63) is 34.4 Å². The molecule has 2 nitrogen and oxygen atoms in total. The molecule has 0 aromatic heterocycles. The third-order valence-electron chi connectivity index (χ3n) is 3.94. The fourth-order valence-corrected chi connectivity index (χ4v) is 2.54. The van der Waals surface area contributed by atoms with Crippen LogP contribution < -0.4 is 5.32 Å². The second-order valence-corrected chi connectivity index (χ2v) is 4.89. The number of benzene rings is 1. The van der Waals surface area contributed by atoms with Crippen molar-refractivity contribution in [1.82, 2.24) is 5.32 Å². The van der Waals surface area contributed by atoms with Crippen molar-refractivity contribution in [2.24, 2.45) is 0 Å². The molecule has 1 aliphatic rings. The highest BCUT2D eigenvalue weighted by molar-refractivity contribution is 5.41. The molecule has 1 aromatic carbocycles. The van der Waals surface area contributed by atoms with Crippen LogP contribution in [0.1, 0.15) is 34.6 Å². The van der Waals surface area contributed by atoms with Crippen LogP contribution in [0, 0.1) is 20.8 Å². The largest absolute Gasteiger partial charge is 0.392 e. The summed E-state index contributed by atoms with van der Waals surface area (Å²) in [6.07, 6.45) is 0.666. The Hall–Kier alpha value is -0.860. The lowest BCUT2D eigenvalue weighted by Crippen LogP contribution is -2.38.